The number of carboxylic acids is 1. The lowest BCUT2D eigenvalue weighted by Gasteiger charge is -2.15. The molecule has 0 fully saturated rings. The molecular weight excluding hydrogens is 296 g/mol. The molecule has 7 heteroatoms. The average molecular weight is 318 g/mol. The number of carboxylic acid groups (broad SMARTS) is 1. The van der Waals surface area contributed by atoms with Crippen molar-refractivity contribution >= 4 is 22.9 Å². The molecule has 1 atom stereocenters. The molecule has 7 nitrogen and oxygen atoms in total. The standard InChI is InChI=1S/C16H22N4O3/c1-5-6-7-12(16(22)23)18-15(21)11-8-9(2)17-14-13(11)10(3)19-20(14)4/h8,12H,5-7H2,1-4H3,(H,18,21)(H,22,23)/t12-/m0/s1. The van der Waals surface area contributed by atoms with Gasteiger partial charge in [-0.15, -0.1) is 0 Å². The minimum atomic E-state index is -1.02. The minimum absolute atomic E-state index is 0.403. The lowest BCUT2D eigenvalue weighted by molar-refractivity contribution is -0.139. The average Bonchev–Trinajstić information content (AvgIpc) is 2.76. The van der Waals surface area contributed by atoms with Crippen molar-refractivity contribution in [1.82, 2.24) is 20.1 Å². The summed E-state index contributed by atoms with van der Waals surface area (Å²) >= 11 is 0. The largest absolute Gasteiger partial charge is 0.480 e. The molecule has 0 saturated heterocycles. The third-order valence-corrected chi connectivity index (χ3v) is 3.79. The van der Waals surface area contributed by atoms with Crippen LogP contribution in [0.25, 0.3) is 11.0 Å². The molecule has 0 aliphatic rings. The Balaban J connectivity index is 2.39. The Labute approximate surface area is 134 Å². The summed E-state index contributed by atoms with van der Waals surface area (Å²) in [6, 6.07) is 0.786. The highest BCUT2D eigenvalue weighted by Crippen LogP contribution is 2.21. The lowest BCUT2D eigenvalue weighted by atomic mass is 10.1. The zero-order valence-electron chi connectivity index (χ0n) is 13.9. The quantitative estimate of drug-likeness (QED) is 0.848. The molecule has 2 aromatic rings. The maximum absolute atomic E-state index is 12.6. The van der Waals surface area contributed by atoms with E-state index < -0.39 is 17.9 Å². The second-order valence-corrected chi connectivity index (χ2v) is 5.73. The highest BCUT2D eigenvalue weighted by molar-refractivity contribution is 6.07. The van der Waals surface area contributed by atoms with Crippen LogP contribution in [-0.4, -0.2) is 37.8 Å². The molecule has 2 N–H and O–H groups in total. The van der Waals surface area contributed by atoms with Gasteiger partial charge in [-0.2, -0.15) is 5.10 Å². The van der Waals surface area contributed by atoms with Gasteiger partial charge >= 0.3 is 5.97 Å². The van der Waals surface area contributed by atoms with E-state index in [4.69, 9.17) is 0 Å². The number of hydrogen-bond donors (Lipinski definition) is 2. The molecule has 0 radical (unpaired) electrons. The summed E-state index contributed by atoms with van der Waals surface area (Å²) < 4.78 is 1.63. The number of nitrogens with one attached hydrogen (secondary N) is 1. The van der Waals surface area contributed by atoms with Crippen molar-refractivity contribution in [2.45, 2.75) is 46.1 Å². The minimum Gasteiger partial charge on any atom is -0.480 e. The van der Waals surface area contributed by atoms with Gasteiger partial charge < -0.3 is 10.4 Å². The number of rotatable bonds is 6. The predicted molar refractivity (Wildman–Crippen MR) is 86.4 cm³/mol. The Kier molecular flexibility index (Phi) is 4.98. The van der Waals surface area contributed by atoms with Crippen LogP contribution >= 0.6 is 0 Å². The van der Waals surface area contributed by atoms with Gasteiger partial charge in [-0.1, -0.05) is 19.8 Å². The van der Waals surface area contributed by atoms with Crippen LogP contribution in [0.3, 0.4) is 0 Å². The third kappa shape index (κ3) is 3.49. The van der Waals surface area contributed by atoms with E-state index in [0.717, 1.165) is 12.8 Å². The van der Waals surface area contributed by atoms with Gasteiger partial charge in [-0.05, 0) is 26.3 Å². The number of aliphatic carboxylic acids is 1. The van der Waals surface area contributed by atoms with Gasteiger partial charge in [0.15, 0.2) is 5.65 Å². The maximum atomic E-state index is 12.6. The van der Waals surface area contributed by atoms with Crippen LogP contribution in [0.15, 0.2) is 6.07 Å². The smallest absolute Gasteiger partial charge is 0.326 e. The van der Waals surface area contributed by atoms with Crippen molar-refractivity contribution in [2.24, 2.45) is 7.05 Å². The fourth-order valence-corrected chi connectivity index (χ4v) is 2.65. The van der Waals surface area contributed by atoms with Crippen LogP contribution in [0, 0.1) is 13.8 Å². The van der Waals surface area contributed by atoms with E-state index in [1.807, 2.05) is 13.8 Å². The SMILES string of the molecule is CCCC[C@H](NC(=O)c1cc(C)nc2c1c(C)nn2C)C(=O)O. The summed E-state index contributed by atoms with van der Waals surface area (Å²) in [5.41, 5.74) is 2.42. The Bertz CT molecular complexity index is 751. The van der Waals surface area contributed by atoms with Crippen molar-refractivity contribution < 1.29 is 14.7 Å². The molecule has 124 valence electrons. The number of carbonyl (C=O) groups is 2. The van der Waals surface area contributed by atoms with Gasteiger partial charge in [0.05, 0.1) is 16.6 Å². The maximum Gasteiger partial charge on any atom is 0.326 e. The molecular formula is C16H22N4O3. The molecule has 1 amide bonds. The van der Waals surface area contributed by atoms with Gasteiger partial charge in [0, 0.05) is 12.7 Å². The molecule has 23 heavy (non-hydrogen) atoms. The molecule has 2 rings (SSSR count). The van der Waals surface area contributed by atoms with Crippen LogP contribution in [-0.2, 0) is 11.8 Å². The molecule has 2 aromatic heterocycles. The first-order valence-corrected chi connectivity index (χ1v) is 7.69. The van der Waals surface area contributed by atoms with E-state index >= 15 is 0 Å². The number of fused-ring (bicyclic) bond motifs is 1. The molecule has 0 bridgehead atoms. The number of amides is 1. The topological polar surface area (TPSA) is 97.1 Å². The monoisotopic (exact) mass is 318 g/mol. The van der Waals surface area contributed by atoms with E-state index in [2.05, 4.69) is 15.4 Å². The van der Waals surface area contributed by atoms with Crippen molar-refractivity contribution in [2.75, 3.05) is 0 Å². The zero-order chi connectivity index (χ0) is 17.1. The zero-order valence-corrected chi connectivity index (χ0v) is 13.9. The van der Waals surface area contributed by atoms with E-state index in [1.165, 1.54) is 0 Å². The third-order valence-electron chi connectivity index (χ3n) is 3.79. The van der Waals surface area contributed by atoms with Crippen LogP contribution in [0.1, 0.15) is 47.9 Å². The highest BCUT2D eigenvalue weighted by Gasteiger charge is 2.23. The number of pyridine rings is 1. The van der Waals surface area contributed by atoms with Crippen LogP contribution in [0.2, 0.25) is 0 Å². The second-order valence-electron chi connectivity index (χ2n) is 5.73. The van der Waals surface area contributed by atoms with Crippen LogP contribution in [0.4, 0.5) is 0 Å². The van der Waals surface area contributed by atoms with Crippen molar-refractivity contribution in [3.8, 4) is 0 Å². The summed E-state index contributed by atoms with van der Waals surface area (Å²) in [4.78, 5) is 28.3. The first kappa shape index (κ1) is 16.9. The summed E-state index contributed by atoms with van der Waals surface area (Å²) in [6.07, 6.45) is 2.03. The number of aromatic nitrogens is 3. The molecule has 2 heterocycles. The van der Waals surface area contributed by atoms with E-state index in [0.29, 0.717) is 34.4 Å². The first-order chi connectivity index (χ1) is 10.8. The fourth-order valence-electron chi connectivity index (χ4n) is 2.65. The second kappa shape index (κ2) is 6.76. The van der Waals surface area contributed by atoms with Crippen molar-refractivity contribution in [1.29, 1.82) is 0 Å². The molecule has 0 spiro atoms. The number of aryl methyl sites for hydroxylation is 3. The van der Waals surface area contributed by atoms with Crippen molar-refractivity contribution in [3.05, 3.63) is 23.0 Å². The summed E-state index contributed by atoms with van der Waals surface area (Å²) in [6.45, 7) is 5.59. The summed E-state index contributed by atoms with van der Waals surface area (Å²) in [5, 5.41) is 16.9. The predicted octanol–water partition coefficient (Wildman–Crippen LogP) is 1.96. The molecule has 0 saturated carbocycles. The lowest BCUT2D eigenvalue weighted by Crippen LogP contribution is -2.40. The highest BCUT2D eigenvalue weighted by atomic mass is 16.4. The Morgan fingerprint density at radius 3 is 2.70 bits per heavy atom. The van der Waals surface area contributed by atoms with Gasteiger partial charge in [0.1, 0.15) is 6.04 Å². The van der Waals surface area contributed by atoms with Crippen LogP contribution in [0.5, 0.6) is 0 Å². The molecule has 0 aromatic carbocycles. The Hall–Kier alpha value is -2.44. The van der Waals surface area contributed by atoms with Gasteiger partial charge in [-0.25, -0.2) is 9.78 Å². The van der Waals surface area contributed by atoms with Gasteiger partial charge in [0.2, 0.25) is 0 Å². The van der Waals surface area contributed by atoms with Gasteiger partial charge in [-0.3, -0.25) is 9.48 Å². The fraction of sp³-hybridized carbons (Fsp3) is 0.500. The normalized spacial score (nSPS) is 12.3. The van der Waals surface area contributed by atoms with E-state index in [1.54, 1.807) is 24.7 Å². The Morgan fingerprint density at radius 1 is 1.39 bits per heavy atom. The van der Waals surface area contributed by atoms with Crippen molar-refractivity contribution in [3.63, 3.8) is 0 Å². The Morgan fingerprint density at radius 2 is 2.09 bits per heavy atom. The van der Waals surface area contributed by atoms with E-state index in [9.17, 15) is 14.7 Å². The van der Waals surface area contributed by atoms with Crippen LogP contribution < -0.4 is 5.32 Å². The molecule has 0 unspecified atom stereocenters. The summed E-state index contributed by atoms with van der Waals surface area (Å²) in [5.74, 6) is -1.42. The van der Waals surface area contributed by atoms with Gasteiger partial charge in [0.25, 0.3) is 5.91 Å². The molecule has 0 aliphatic heterocycles. The van der Waals surface area contributed by atoms with E-state index in [-0.39, 0.29) is 0 Å². The number of nitrogens with zero attached hydrogens (tertiary/aromatic N) is 3. The summed E-state index contributed by atoms with van der Waals surface area (Å²) in [7, 11) is 1.77. The number of unbranched alkanes of at least 4 members (excludes halogenated alkanes) is 1. The first-order valence-electron chi connectivity index (χ1n) is 7.69. The number of hydrogen-bond acceptors (Lipinski definition) is 4. The number of carbonyl (C=O) groups excluding carboxylic acids is 1. The molecule has 0 aliphatic carbocycles.